The summed E-state index contributed by atoms with van der Waals surface area (Å²) in [4.78, 5) is 6.97. The van der Waals surface area contributed by atoms with Crippen molar-refractivity contribution >= 4 is 22.6 Å². The predicted molar refractivity (Wildman–Crippen MR) is 82.0 cm³/mol. The minimum Gasteiger partial charge on any atom is -0.326 e. The molecule has 104 valence electrons. The second kappa shape index (κ2) is 5.93. The number of hydrogen-bond acceptors (Lipinski definition) is 2. The lowest BCUT2D eigenvalue weighted by molar-refractivity contribution is 0.284. The van der Waals surface area contributed by atoms with Crippen LogP contribution in [-0.2, 0) is 13.0 Å². The standard InChI is InChI=1S/C15H22ClN3/c1-11-6-5-7-13-15(11)19(10-12(2)18(3)4)14(17-13)8-9-16/h5-7,12H,8-10H2,1-4H3. The summed E-state index contributed by atoms with van der Waals surface area (Å²) in [5, 5.41) is 0. The topological polar surface area (TPSA) is 21.1 Å². The smallest absolute Gasteiger partial charge is 0.111 e. The number of halogens is 1. The fraction of sp³-hybridized carbons (Fsp3) is 0.533. The van der Waals surface area contributed by atoms with Gasteiger partial charge in [-0.15, -0.1) is 11.6 Å². The molecule has 0 aliphatic rings. The van der Waals surface area contributed by atoms with Crippen LogP contribution in [0.15, 0.2) is 18.2 Å². The Morgan fingerprint density at radius 3 is 2.74 bits per heavy atom. The lowest BCUT2D eigenvalue weighted by Gasteiger charge is -2.22. The van der Waals surface area contributed by atoms with Crippen LogP contribution in [0.3, 0.4) is 0 Å². The van der Waals surface area contributed by atoms with Crippen molar-refractivity contribution in [2.24, 2.45) is 0 Å². The average molecular weight is 280 g/mol. The van der Waals surface area contributed by atoms with Gasteiger partial charge in [-0.1, -0.05) is 12.1 Å². The molecule has 1 aromatic heterocycles. The van der Waals surface area contributed by atoms with Crippen molar-refractivity contribution < 1.29 is 0 Å². The predicted octanol–water partition coefficient (Wildman–Crippen LogP) is 3.08. The van der Waals surface area contributed by atoms with Crippen LogP contribution in [0.1, 0.15) is 18.3 Å². The van der Waals surface area contributed by atoms with Gasteiger partial charge < -0.3 is 9.47 Å². The molecule has 0 spiro atoms. The number of aryl methyl sites for hydroxylation is 2. The van der Waals surface area contributed by atoms with Crippen LogP contribution in [-0.4, -0.2) is 40.5 Å². The van der Waals surface area contributed by atoms with Crippen molar-refractivity contribution in [2.45, 2.75) is 32.9 Å². The number of benzene rings is 1. The zero-order chi connectivity index (χ0) is 14.0. The third kappa shape index (κ3) is 2.93. The fourth-order valence-corrected chi connectivity index (χ4v) is 2.48. The van der Waals surface area contributed by atoms with E-state index in [-0.39, 0.29) is 0 Å². The fourth-order valence-electron chi connectivity index (χ4n) is 2.31. The van der Waals surface area contributed by atoms with E-state index in [1.54, 1.807) is 0 Å². The average Bonchev–Trinajstić information content (AvgIpc) is 2.69. The van der Waals surface area contributed by atoms with Gasteiger partial charge in [0.05, 0.1) is 11.0 Å². The highest BCUT2D eigenvalue weighted by Crippen LogP contribution is 2.21. The number of imidazole rings is 1. The molecule has 1 heterocycles. The number of rotatable bonds is 5. The van der Waals surface area contributed by atoms with Crippen molar-refractivity contribution in [2.75, 3.05) is 20.0 Å². The third-order valence-corrected chi connectivity index (χ3v) is 3.88. The summed E-state index contributed by atoms with van der Waals surface area (Å²) in [6.07, 6.45) is 0.815. The minimum atomic E-state index is 0.464. The first-order chi connectivity index (χ1) is 9.04. The third-order valence-electron chi connectivity index (χ3n) is 3.69. The van der Waals surface area contributed by atoms with Crippen LogP contribution in [0, 0.1) is 6.92 Å². The quantitative estimate of drug-likeness (QED) is 0.785. The van der Waals surface area contributed by atoms with Gasteiger partial charge in [0.1, 0.15) is 5.82 Å². The molecule has 0 fully saturated rings. The molecule has 3 nitrogen and oxygen atoms in total. The zero-order valence-electron chi connectivity index (χ0n) is 12.2. The first-order valence-corrected chi connectivity index (χ1v) is 7.25. The molecule has 0 N–H and O–H groups in total. The molecule has 0 saturated heterocycles. The van der Waals surface area contributed by atoms with Crippen molar-refractivity contribution in [1.82, 2.24) is 14.5 Å². The van der Waals surface area contributed by atoms with E-state index in [4.69, 9.17) is 16.6 Å². The van der Waals surface area contributed by atoms with Crippen LogP contribution in [0.25, 0.3) is 11.0 Å². The lowest BCUT2D eigenvalue weighted by Crippen LogP contribution is -2.30. The minimum absolute atomic E-state index is 0.464. The molecule has 19 heavy (non-hydrogen) atoms. The maximum Gasteiger partial charge on any atom is 0.111 e. The Morgan fingerprint density at radius 2 is 2.11 bits per heavy atom. The Morgan fingerprint density at radius 1 is 1.37 bits per heavy atom. The van der Waals surface area contributed by atoms with Crippen molar-refractivity contribution in [1.29, 1.82) is 0 Å². The Labute approximate surface area is 120 Å². The highest BCUT2D eigenvalue weighted by Gasteiger charge is 2.15. The van der Waals surface area contributed by atoms with Crippen molar-refractivity contribution in [3.63, 3.8) is 0 Å². The SMILES string of the molecule is Cc1cccc2nc(CCCl)n(CC(C)N(C)C)c12. The Bertz CT molecular complexity index is 560. The molecule has 0 saturated carbocycles. The maximum atomic E-state index is 5.91. The van der Waals surface area contributed by atoms with Gasteiger partial charge in [0.25, 0.3) is 0 Å². The molecular formula is C15H22ClN3. The number of fused-ring (bicyclic) bond motifs is 1. The largest absolute Gasteiger partial charge is 0.326 e. The number of likely N-dealkylation sites (N-methyl/N-ethyl adjacent to an activating group) is 1. The molecule has 2 aromatic rings. The zero-order valence-corrected chi connectivity index (χ0v) is 12.9. The normalized spacial score (nSPS) is 13.4. The first-order valence-electron chi connectivity index (χ1n) is 6.71. The summed E-state index contributed by atoms with van der Waals surface area (Å²) >= 11 is 5.91. The number of para-hydroxylation sites is 1. The van der Waals surface area contributed by atoms with Gasteiger partial charge >= 0.3 is 0 Å². The lowest BCUT2D eigenvalue weighted by atomic mass is 10.2. The van der Waals surface area contributed by atoms with Crippen LogP contribution in [0.5, 0.6) is 0 Å². The van der Waals surface area contributed by atoms with Gasteiger partial charge in [-0.2, -0.15) is 0 Å². The Kier molecular flexibility index (Phi) is 4.48. The van der Waals surface area contributed by atoms with Crippen LogP contribution in [0.2, 0.25) is 0 Å². The summed E-state index contributed by atoms with van der Waals surface area (Å²) in [6.45, 7) is 5.32. The summed E-state index contributed by atoms with van der Waals surface area (Å²) < 4.78 is 2.33. The van der Waals surface area contributed by atoms with Gasteiger partial charge in [-0.3, -0.25) is 0 Å². The summed E-state index contributed by atoms with van der Waals surface area (Å²) in [7, 11) is 4.22. The molecule has 0 aliphatic carbocycles. The van der Waals surface area contributed by atoms with Gasteiger partial charge in [-0.05, 0) is 39.6 Å². The summed E-state index contributed by atoms with van der Waals surface area (Å²) in [5.41, 5.74) is 3.60. The van der Waals surface area contributed by atoms with Crippen molar-refractivity contribution in [3.8, 4) is 0 Å². The second-order valence-electron chi connectivity index (χ2n) is 5.33. The van der Waals surface area contributed by atoms with Gasteiger partial charge in [-0.25, -0.2) is 4.98 Å². The number of alkyl halides is 1. The maximum absolute atomic E-state index is 5.91. The first kappa shape index (κ1) is 14.4. The van der Waals surface area contributed by atoms with E-state index in [2.05, 4.69) is 55.6 Å². The summed E-state index contributed by atoms with van der Waals surface area (Å²) in [6, 6.07) is 6.75. The highest BCUT2D eigenvalue weighted by molar-refractivity contribution is 6.17. The number of nitrogens with zero attached hydrogens (tertiary/aromatic N) is 3. The molecule has 0 bridgehead atoms. The van der Waals surface area contributed by atoms with E-state index in [0.29, 0.717) is 11.9 Å². The van der Waals surface area contributed by atoms with E-state index in [9.17, 15) is 0 Å². The van der Waals surface area contributed by atoms with Gasteiger partial charge in [0.15, 0.2) is 0 Å². The molecule has 0 aliphatic heterocycles. The summed E-state index contributed by atoms with van der Waals surface area (Å²) in [5.74, 6) is 1.70. The van der Waals surface area contributed by atoms with Gasteiger partial charge in [0.2, 0.25) is 0 Å². The van der Waals surface area contributed by atoms with E-state index >= 15 is 0 Å². The molecule has 1 aromatic carbocycles. The second-order valence-corrected chi connectivity index (χ2v) is 5.71. The molecule has 2 rings (SSSR count). The van der Waals surface area contributed by atoms with E-state index in [0.717, 1.165) is 24.3 Å². The number of hydrogen-bond donors (Lipinski definition) is 0. The van der Waals surface area contributed by atoms with Crippen LogP contribution in [0.4, 0.5) is 0 Å². The Balaban J connectivity index is 2.51. The monoisotopic (exact) mass is 279 g/mol. The molecule has 1 atom stereocenters. The molecule has 1 unspecified atom stereocenters. The molecule has 0 amide bonds. The highest BCUT2D eigenvalue weighted by atomic mass is 35.5. The molecular weight excluding hydrogens is 258 g/mol. The van der Waals surface area contributed by atoms with E-state index in [1.165, 1.54) is 11.1 Å². The van der Waals surface area contributed by atoms with Crippen LogP contribution < -0.4 is 0 Å². The molecule has 0 radical (unpaired) electrons. The van der Waals surface area contributed by atoms with Crippen LogP contribution >= 0.6 is 11.6 Å². The number of aromatic nitrogens is 2. The van der Waals surface area contributed by atoms with E-state index in [1.807, 2.05) is 0 Å². The van der Waals surface area contributed by atoms with E-state index < -0.39 is 0 Å². The van der Waals surface area contributed by atoms with Gasteiger partial charge in [0, 0.05) is 24.9 Å². The Hall–Kier alpha value is -1.06. The van der Waals surface area contributed by atoms with Crippen molar-refractivity contribution in [3.05, 3.63) is 29.6 Å². The molecule has 4 heteroatoms.